The van der Waals surface area contributed by atoms with Crippen molar-refractivity contribution in [3.8, 4) is 5.75 Å². The van der Waals surface area contributed by atoms with Crippen LogP contribution in [-0.2, 0) is 6.54 Å². The molecule has 22 heavy (non-hydrogen) atoms. The number of anilines is 1. The summed E-state index contributed by atoms with van der Waals surface area (Å²) in [6, 6.07) is 10.6. The second-order valence-electron chi connectivity index (χ2n) is 4.54. The Morgan fingerprint density at radius 2 is 2.09 bits per heavy atom. The highest BCUT2D eigenvalue weighted by atomic mass is 79.9. The zero-order valence-electron chi connectivity index (χ0n) is 11.9. The molecular weight excluding hydrogens is 370 g/mol. The van der Waals surface area contributed by atoms with E-state index in [0.717, 1.165) is 21.5 Å². The van der Waals surface area contributed by atoms with Crippen molar-refractivity contribution in [1.29, 1.82) is 0 Å². The highest BCUT2D eigenvalue weighted by Crippen LogP contribution is 2.26. The third kappa shape index (κ3) is 4.15. The molecule has 0 saturated heterocycles. The first kappa shape index (κ1) is 16.6. The highest BCUT2D eigenvalue weighted by molar-refractivity contribution is 9.10. The minimum atomic E-state index is -1.04. The number of carboxylic acid groups (broad SMARTS) is 1. The number of benzene rings is 2. The summed E-state index contributed by atoms with van der Waals surface area (Å²) >= 11 is 9.40. The Bertz CT molecular complexity index is 691. The van der Waals surface area contributed by atoms with E-state index in [9.17, 15) is 4.79 Å². The summed E-state index contributed by atoms with van der Waals surface area (Å²) in [5.41, 5.74) is 1.83. The van der Waals surface area contributed by atoms with E-state index in [1.165, 1.54) is 6.07 Å². The monoisotopic (exact) mass is 383 g/mol. The molecule has 0 radical (unpaired) electrons. The molecule has 2 N–H and O–H groups in total. The van der Waals surface area contributed by atoms with Gasteiger partial charge < -0.3 is 15.2 Å². The Labute approximate surface area is 142 Å². The molecule has 0 unspecified atom stereocenters. The predicted octanol–water partition coefficient (Wildman–Crippen LogP) is 4.81. The molecular formula is C16H15BrClNO3. The van der Waals surface area contributed by atoms with Gasteiger partial charge in [0, 0.05) is 22.3 Å². The molecule has 0 bridgehead atoms. The van der Waals surface area contributed by atoms with Crippen molar-refractivity contribution >= 4 is 39.2 Å². The number of hydrogen-bond acceptors (Lipinski definition) is 3. The summed E-state index contributed by atoms with van der Waals surface area (Å²) in [5, 5.41) is 12.4. The summed E-state index contributed by atoms with van der Waals surface area (Å²) in [6.45, 7) is 3.06. The minimum Gasteiger partial charge on any atom is -0.494 e. The van der Waals surface area contributed by atoms with Crippen LogP contribution in [0.1, 0.15) is 22.8 Å². The lowest BCUT2D eigenvalue weighted by atomic mass is 10.1. The molecule has 0 saturated carbocycles. The van der Waals surface area contributed by atoms with Gasteiger partial charge in [-0.05, 0) is 43.3 Å². The molecule has 2 aromatic carbocycles. The van der Waals surface area contributed by atoms with Gasteiger partial charge >= 0.3 is 5.97 Å². The SMILES string of the molecule is CCOc1ccc(Br)cc1CNc1ccc(C(=O)O)c(Cl)c1. The zero-order chi connectivity index (χ0) is 16.1. The summed E-state index contributed by atoms with van der Waals surface area (Å²) in [4.78, 5) is 10.9. The summed E-state index contributed by atoms with van der Waals surface area (Å²) < 4.78 is 6.55. The van der Waals surface area contributed by atoms with Crippen molar-refractivity contribution in [2.75, 3.05) is 11.9 Å². The number of hydrogen-bond donors (Lipinski definition) is 2. The third-order valence-electron chi connectivity index (χ3n) is 3.00. The van der Waals surface area contributed by atoms with Crippen molar-refractivity contribution in [3.63, 3.8) is 0 Å². The smallest absolute Gasteiger partial charge is 0.337 e. The summed E-state index contributed by atoms with van der Waals surface area (Å²) in [6.07, 6.45) is 0. The van der Waals surface area contributed by atoms with Crippen LogP contribution in [0, 0.1) is 0 Å². The lowest BCUT2D eigenvalue weighted by Crippen LogP contribution is -2.04. The number of ether oxygens (including phenoxy) is 1. The van der Waals surface area contributed by atoms with Gasteiger partial charge in [-0.15, -0.1) is 0 Å². The Balaban J connectivity index is 2.14. The van der Waals surface area contributed by atoms with Gasteiger partial charge in [0.05, 0.1) is 17.2 Å². The van der Waals surface area contributed by atoms with E-state index in [4.69, 9.17) is 21.4 Å². The van der Waals surface area contributed by atoms with Gasteiger partial charge in [-0.1, -0.05) is 27.5 Å². The van der Waals surface area contributed by atoms with Gasteiger partial charge in [-0.2, -0.15) is 0 Å². The van der Waals surface area contributed by atoms with Crippen molar-refractivity contribution in [3.05, 3.63) is 57.0 Å². The van der Waals surface area contributed by atoms with Crippen molar-refractivity contribution in [2.24, 2.45) is 0 Å². The second kappa shape index (κ2) is 7.51. The molecule has 0 aliphatic carbocycles. The van der Waals surface area contributed by atoms with Gasteiger partial charge in [-0.3, -0.25) is 0 Å². The van der Waals surface area contributed by atoms with E-state index in [0.29, 0.717) is 13.2 Å². The van der Waals surface area contributed by atoms with Crippen molar-refractivity contribution in [1.82, 2.24) is 0 Å². The molecule has 0 aliphatic rings. The van der Waals surface area contributed by atoms with Crippen LogP contribution < -0.4 is 10.1 Å². The molecule has 0 atom stereocenters. The maximum absolute atomic E-state index is 10.9. The average molecular weight is 385 g/mol. The predicted molar refractivity (Wildman–Crippen MR) is 91.0 cm³/mol. The quantitative estimate of drug-likeness (QED) is 0.750. The Hall–Kier alpha value is -1.72. The number of rotatable bonds is 6. The maximum Gasteiger partial charge on any atom is 0.337 e. The molecule has 0 amide bonds. The van der Waals surface area contributed by atoms with E-state index < -0.39 is 5.97 Å². The van der Waals surface area contributed by atoms with Crippen LogP contribution in [-0.4, -0.2) is 17.7 Å². The average Bonchev–Trinajstić information content (AvgIpc) is 2.47. The van der Waals surface area contributed by atoms with E-state index in [2.05, 4.69) is 21.2 Å². The lowest BCUT2D eigenvalue weighted by Gasteiger charge is -2.13. The molecule has 0 aliphatic heterocycles. The number of aromatic carboxylic acids is 1. The second-order valence-corrected chi connectivity index (χ2v) is 5.86. The summed E-state index contributed by atoms with van der Waals surface area (Å²) in [7, 11) is 0. The summed E-state index contributed by atoms with van der Waals surface area (Å²) in [5.74, 6) is -0.228. The van der Waals surface area contributed by atoms with Crippen molar-refractivity contribution < 1.29 is 14.6 Å². The number of carboxylic acids is 1. The standard InChI is InChI=1S/C16H15BrClNO3/c1-2-22-15-6-3-11(17)7-10(15)9-19-12-4-5-13(16(20)21)14(18)8-12/h3-8,19H,2,9H2,1H3,(H,20,21). The van der Waals surface area contributed by atoms with E-state index >= 15 is 0 Å². The van der Waals surface area contributed by atoms with Crippen LogP contribution in [0.15, 0.2) is 40.9 Å². The Kier molecular flexibility index (Phi) is 5.69. The minimum absolute atomic E-state index is 0.0877. The molecule has 6 heteroatoms. The van der Waals surface area contributed by atoms with Crippen LogP contribution in [0.3, 0.4) is 0 Å². The number of carbonyl (C=O) groups is 1. The van der Waals surface area contributed by atoms with Crippen LogP contribution in [0.25, 0.3) is 0 Å². The normalized spacial score (nSPS) is 10.3. The zero-order valence-corrected chi connectivity index (χ0v) is 14.2. The molecule has 0 heterocycles. The first-order valence-electron chi connectivity index (χ1n) is 6.69. The highest BCUT2D eigenvalue weighted by Gasteiger charge is 2.09. The van der Waals surface area contributed by atoms with Crippen LogP contribution in [0.2, 0.25) is 5.02 Å². The third-order valence-corrected chi connectivity index (χ3v) is 3.81. The van der Waals surface area contributed by atoms with Crippen LogP contribution in [0.5, 0.6) is 5.75 Å². The molecule has 0 spiro atoms. The first-order chi connectivity index (χ1) is 10.5. The van der Waals surface area contributed by atoms with Crippen LogP contribution in [0.4, 0.5) is 5.69 Å². The first-order valence-corrected chi connectivity index (χ1v) is 7.86. The van der Waals surface area contributed by atoms with Gasteiger partial charge in [0.1, 0.15) is 5.75 Å². The maximum atomic E-state index is 10.9. The number of nitrogens with one attached hydrogen (secondary N) is 1. The Morgan fingerprint density at radius 3 is 2.73 bits per heavy atom. The fourth-order valence-corrected chi connectivity index (χ4v) is 2.65. The van der Waals surface area contributed by atoms with Gasteiger partial charge in [0.2, 0.25) is 0 Å². The van der Waals surface area contributed by atoms with Gasteiger partial charge in [0.25, 0.3) is 0 Å². The van der Waals surface area contributed by atoms with E-state index in [1.807, 2.05) is 25.1 Å². The molecule has 4 nitrogen and oxygen atoms in total. The van der Waals surface area contributed by atoms with Gasteiger partial charge in [-0.25, -0.2) is 4.79 Å². The van der Waals surface area contributed by atoms with Crippen LogP contribution >= 0.6 is 27.5 Å². The van der Waals surface area contributed by atoms with E-state index in [1.54, 1.807) is 12.1 Å². The molecule has 116 valence electrons. The largest absolute Gasteiger partial charge is 0.494 e. The number of halogens is 2. The topological polar surface area (TPSA) is 58.6 Å². The lowest BCUT2D eigenvalue weighted by molar-refractivity contribution is 0.0697. The molecule has 2 aromatic rings. The Morgan fingerprint density at radius 1 is 1.32 bits per heavy atom. The van der Waals surface area contributed by atoms with Crippen molar-refractivity contribution in [2.45, 2.75) is 13.5 Å². The molecule has 2 rings (SSSR count). The van der Waals surface area contributed by atoms with E-state index in [-0.39, 0.29) is 10.6 Å². The molecule has 0 aromatic heterocycles. The molecule has 0 fully saturated rings. The fraction of sp³-hybridized carbons (Fsp3) is 0.188. The van der Waals surface area contributed by atoms with Gasteiger partial charge in [0.15, 0.2) is 0 Å². The fourth-order valence-electron chi connectivity index (χ4n) is 1.98.